The molecule has 3 fully saturated rings. The average molecular weight is 420 g/mol. The van der Waals surface area contributed by atoms with Crippen molar-refractivity contribution in [2.75, 3.05) is 4.43 Å². The number of hydrogen-bond donors (Lipinski definition) is 0. The van der Waals surface area contributed by atoms with Crippen LogP contribution in [0.2, 0.25) is 0 Å². The molecule has 2 heteroatoms. The SMILES string of the molecule is CC1CCC(C2CCC(C3CCC(CI)CC3)CC2F)CC1. The van der Waals surface area contributed by atoms with Gasteiger partial charge in [-0.2, -0.15) is 0 Å². The van der Waals surface area contributed by atoms with Gasteiger partial charge in [-0.25, -0.2) is 4.39 Å². The Bertz CT molecular complexity index is 329. The number of hydrogen-bond acceptors (Lipinski definition) is 0. The normalized spacial score (nSPS) is 47.3. The van der Waals surface area contributed by atoms with Crippen LogP contribution < -0.4 is 0 Å². The molecule has 0 nitrogen and oxygen atoms in total. The lowest BCUT2D eigenvalue weighted by molar-refractivity contribution is 0.0351. The highest BCUT2D eigenvalue weighted by atomic mass is 127. The lowest BCUT2D eigenvalue weighted by Gasteiger charge is -2.42. The van der Waals surface area contributed by atoms with Crippen LogP contribution in [-0.2, 0) is 0 Å². The molecule has 3 unspecified atom stereocenters. The zero-order valence-electron chi connectivity index (χ0n) is 14.3. The Morgan fingerprint density at radius 1 is 0.773 bits per heavy atom. The molecule has 0 amide bonds. The highest BCUT2D eigenvalue weighted by Crippen LogP contribution is 2.47. The lowest BCUT2D eigenvalue weighted by atomic mass is 9.64. The molecule has 0 spiro atoms. The zero-order chi connectivity index (χ0) is 15.5. The molecule has 0 saturated heterocycles. The summed E-state index contributed by atoms with van der Waals surface area (Å²) < 4.78 is 16.2. The Morgan fingerprint density at radius 3 is 1.95 bits per heavy atom. The molecule has 22 heavy (non-hydrogen) atoms. The van der Waals surface area contributed by atoms with Crippen LogP contribution in [0, 0.1) is 35.5 Å². The zero-order valence-corrected chi connectivity index (χ0v) is 16.4. The van der Waals surface area contributed by atoms with Crippen LogP contribution in [0.15, 0.2) is 0 Å². The molecule has 0 aromatic carbocycles. The Kier molecular flexibility index (Phi) is 6.48. The summed E-state index contributed by atoms with van der Waals surface area (Å²) in [5.41, 5.74) is 0. The molecule has 3 atom stereocenters. The van der Waals surface area contributed by atoms with E-state index in [1.165, 1.54) is 68.6 Å². The van der Waals surface area contributed by atoms with Gasteiger partial charge in [-0.15, -0.1) is 0 Å². The van der Waals surface area contributed by atoms with Crippen LogP contribution in [0.1, 0.15) is 77.6 Å². The summed E-state index contributed by atoms with van der Waals surface area (Å²) in [5, 5.41) is 0. The third kappa shape index (κ3) is 4.19. The van der Waals surface area contributed by atoms with Crippen molar-refractivity contribution < 1.29 is 4.39 Å². The van der Waals surface area contributed by atoms with E-state index in [1.807, 2.05) is 0 Å². The first-order valence-electron chi connectivity index (χ1n) is 9.87. The Balaban J connectivity index is 1.48. The third-order valence-corrected chi connectivity index (χ3v) is 8.55. The average Bonchev–Trinajstić information content (AvgIpc) is 2.56. The summed E-state index contributed by atoms with van der Waals surface area (Å²) in [5.74, 6) is 4.53. The van der Waals surface area contributed by atoms with Crippen molar-refractivity contribution in [3.8, 4) is 0 Å². The molecule has 0 bridgehead atoms. The fourth-order valence-corrected chi connectivity index (χ4v) is 6.54. The molecule has 0 heterocycles. The molecule has 3 aliphatic carbocycles. The van der Waals surface area contributed by atoms with Gasteiger partial charge in [0, 0.05) is 4.43 Å². The molecule has 3 aliphatic rings. The lowest BCUT2D eigenvalue weighted by Crippen LogP contribution is -2.36. The maximum absolute atomic E-state index is 14.9. The van der Waals surface area contributed by atoms with Crippen molar-refractivity contribution in [2.24, 2.45) is 35.5 Å². The first kappa shape index (κ1) is 17.5. The smallest absolute Gasteiger partial charge is 0.103 e. The molecule has 3 saturated carbocycles. The molecule has 0 aromatic heterocycles. The quantitative estimate of drug-likeness (QED) is 0.348. The van der Waals surface area contributed by atoms with Gasteiger partial charge in [-0.3, -0.25) is 0 Å². The van der Waals surface area contributed by atoms with E-state index in [9.17, 15) is 4.39 Å². The van der Waals surface area contributed by atoms with E-state index in [2.05, 4.69) is 29.5 Å². The van der Waals surface area contributed by atoms with Crippen LogP contribution >= 0.6 is 22.6 Å². The number of halogens is 2. The summed E-state index contributed by atoms with van der Waals surface area (Å²) in [6, 6.07) is 0. The minimum atomic E-state index is -0.487. The van der Waals surface area contributed by atoms with E-state index in [-0.39, 0.29) is 0 Å². The first-order valence-corrected chi connectivity index (χ1v) is 11.4. The molecule has 0 aromatic rings. The van der Waals surface area contributed by atoms with Crippen LogP contribution in [0.3, 0.4) is 0 Å². The molecule has 0 aliphatic heterocycles. The minimum absolute atomic E-state index is 0.412. The van der Waals surface area contributed by atoms with Gasteiger partial charge in [-0.05, 0) is 93.3 Å². The number of rotatable bonds is 3. The first-order chi connectivity index (χ1) is 10.7. The summed E-state index contributed by atoms with van der Waals surface area (Å²) in [6.45, 7) is 2.37. The fourth-order valence-electron chi connectivity index (χ4n) is 5.66. The van der Waals surface area contributed by atoms with Gasteiger partial charge >= 0.3 is 0 Å². The fraction of sp³-hybridized carbons (Fsp3) is 1.00. The maximum Gasteiger partial charge on any atom is 0.103 e. The topological polar surface area (TPSA) is 0 Å². The van der Waals surface area contributed by atoms with Gasteiger partial charge in [0.2, 0.25) is 0 Å². The second-order valence-electron chi connectivity index (χ2n) is 8.71. The van der Waals surface area contributed by atoms with E-state index in [0.29, 0.717) is 17.8 Å². The van der Waals surface area contributed by atoms with E-state index < -0.39 is 6.17 Å². The van der Waals surface area contributed by atoms with Crippen molar-refractivity contribution in [3.63, 3.8) is 0 Å². The summed E-state index contributed by atoms with van der Waals surface area (Å²) in [6.07, 6.45) is 13.8. The van der Waals surface area contributed by atoms with Gasteiger partial charge < -0.3 is 0 Å². The molecular weight excluding hydrogens is 386 g/mol. The molecule has 0 radical (unpaired) electrons. The maximum atomic E-state index is 14.9. The van der Waals surface area contributed by atoms with Crippen molar-refractivity contribution in [3.05, 3.63) is 0 Å². The van der Waals surface area contributed by atoms with Crippen molar-refractivity contribution >= 4 is 22.6 Å². The largest absolute Gasteiger partial charge is 0.247 e. The van der Waals surface area contributed by atoms with E-state index in [1.54, 1.807) is 0 Å². The van der Waals surface area contributed by atoms with Crippen molar-refractivity contribution in [1.29, 1.82) is 0 Å². The van der Waals surface area contributed by atoms with Crippen LogP contribution in [0.5, 0.6) is 0 Å². The van der Waals surface area contributed by atoms with E-state index >= 15 is 0 Å². The molecule has 128 valence electrons. The molecule has 0 N–H and O–H groups in total. The van der Waals surface area contributed by atoms with Gasteiger partial charge in [-0.1, -0.05) is 42.4 Å². The summed E-state index contributed by atoms with van der Waals surface area (Å²) in [7, 11) is 0. The van der Waals surface area contributed by atoms with Gasteiger partial charge in [0.25, 0.3) is 0 Å². The van der Waals surface area contributed by atoms with Crippen LogP contribution in [0.25, 0.3) is 0 Å². The van der Waals surface area contributed by atoms with Crippen molar-refractivity contribution in [2.45, 2.75) is 83.7 Å². The predicted octanol–water partition coefficient (Wildman–Crippen LogP) is 6.81. The van der Waals surface area contributed by atoms with E-state index in [4.69, 9.17) is 0 Å². The second-order valence-corrected chi connectivity index (χ2v) is 9.59. The number of alkyl halides is 2. The summed E-state index contributed by atoms with van der Waals surface area (Å²) in [4.78, 5) is 0. The molecular formula is C20H34FI. The third-order valence-electron chi connectivity index (χ3n) is 7.31. The Morgan fingerprint density at radius 2 is 1.36 bits per heavy atom. The molecule has 3 rings (SSSR count). The van der Waals surface area contributed by atoms with Gasteiger partial charge in [0.05, 0.1) is 0 Å². The highest BCUT2D eigenvalue weighted by molar-refractivity contribution is 14.1. The second kappa shape index (κ2) is 8.16. The standard InChI is InChI=1S/C20H34FI/c1-14-2-6-17(7-3-14)19-11-10-18(12-20(19)21)16-8-4-15(13-22)5-9-16/h14-20H,2-13H2,1H3. The Hall–Kier alpha value is 0.660. The van der Waals surface area contributed by atoms with Crippen molar-refractivity contribution in [1.82, 2.24) is 0 Å². The minimum Gasteiger partial charge on any atom is -0.247 e. The Labute approximate surface area is 150 Å². The summed E-state index contributed by atoms with van der Waals surface area (Å²) >= 11 is 2.54. The predicted molar refractivity (Wildman–Crippen MR) is 101 cm³/mol. The van der Waals surface area contributed by atoms with Gasteiger partial charge in [0.15, 0.2) is 0 Å². The van der Waals surface area contributed by atoms with Gasteiger partial charge in [0.1, 0.15) is 6.17 Å². The van der Waals surface area contributed by atoms with E-state index in [0.717, 1.165) is 24.2 Å². The monoisotopic (exact) mass is 420 g/mol. The highest BCUT2D eigenvalue weighted by Gasteiger charge is 2.39. The van der Waals surface area contributed by atoms with Crippen LogP contribution in [-0.4, -0.2) is 10.6 Å². The van der Waals surface area contributed by atoms with Crippen LogP contribution in [0.4, 0.5) is 4.39 Å².